The summed E-state index contributed by atoms with van der Waals surface area (Å²) >= 11 is 0. The minimum atomic E-state index is -0.929. The van der Waals surface area contributed by atoms with Crippen LogP contribution in [0, 0.1) is 0 Å². The van der Waals surface area contributed by atoms with Gasteiger partial charge in [-0.15, -0.1) is 0 Å². The van der Waals surface area contributed by atoms with E-state index in [1.807, 2.05) is 0 Å². The van der Waals surface area contributed by atoms with E-state index < -0.39 is 5.97 Å². The molecule has 0 saturated carbocycles. The van der Waals surface area contributed by atoms with E-state index in [4.69, 9.17) is 0 Å². The van der Waals surface area contributed by atoms with Gasteiger partial charge in [0.25, 0.3) is 0 Å². The van der Waals surface area contributed by atoms with Gasteiger partial charge < -0.3 is 9.90 Å². The first kappa shape index (κ1) is 21.4. The van der Waals surface area contributed by atoms with E-state index in [-0.39, 0.29) is 43.9 Å². The van der Waals surface area contributed by atoms with E-state index in [0.717, 1.165) is 19.3 Å². The van der Waals surface area contributed by atoms with Crippen LogP contribution >= 0.6 is 7.92 Å². The molecule has 0 aromatic heterocycles. The Labute approximate surface area is 168 Å². The zero-order chi connectivity index (χ0) is 16.3. The van der Waals surface area contributed by atoms with Crippen molar-refractivity contribution in [3.05, 3.63) is 60.7 Å². The quantitative estimate of drug-likeness (QED) is 0.349. The van der Waals surface area contributed by atoms with Gasteiger partial charge in [-0.25, -0.2) is 0 Å². The molecule has 0 fully saturated rings. The van der Waals surface area contributed by atoms with E-state index in [1.165, 1.54) is 29.6 Å². The van der Waals surface area contributed by atoms with Crippen LogP contribution in [0.2, 0.25) is 0 Å². The maximum Gasteiger partial charge on any atom is 1.00 e. The Balaban J connectivity index is 0.00000288. The molecule has 0 aliphatic heterocycles. The molecule has 0 heterocycles. The van der Waals surface area contributed by atoms with Gasteiger partial charge in [-0.3, -0.25) is 0 Å². The van der Waals surface area contributed by atoms with Gasteiger partial charge in [0.15, 0.2) is 0 Å². The SMILES string of the molecule is O=C([O-])CCCCCCCP(c1ccccc1)c1ccccc1.[Na+]. The topological polar surface area (TPSA) is 40.1 Å². The molecular weight excluding hydrogens is 326 g/mol. The third kappa shape index (κ3) is 7.94. The van der Waals surface area contributed by atoms with Crippen LogP contribution in [-0.4, -0.2) is 12.1 Å². The average Bonchev–Trinajstić information content (AvgIpc) is 2.59. The fourth-order valence-corrected chi connectivity index (χ4v) is 5.11. The molecule has 0 unspecified atom stereocenters. The van der Waals surface area contributed by atoms with Crippen LogP contribution in [0.5, 0.6) is 0 Å². The summed E-state index contributed by atoms with van der Waals surface area (Å²) in [5.41, 5.74) is 0. The van der Waals surface area contributed by atoms with E-state index in [0.29, 0.717) is 0 Å². The number of carbonyl (C=O) groups excluding carboxylic acids is 1. The first-order valence-corrected chi connectivity index (χ1v) is 9.87. The second kappa shape index (κ2) is 12.7. The predicted octanol–water partition coefficient (Wildman–Crippen LogP) is 0.214. The second-order valence-electron chi connectivity index (χ2n) is 5.71. The minimum absolute atomic E-state index is 0. The number of carboxylic acids is 1. The maximum absolute atomic E-state index is 10.4. The minimum Gasteiger partial charge on any atom is -0.550 e. The smallest absolute Gasteiger partial charge is 0.550 e. The number of carbonyl (C=O) groups is 1. The van der Waals surface area contributed by atoms with Crippen molar-refractivity contribution in [3.8, 4) is 0 Å². The summed E-state index contributed by atoms with van der Waals surface area (Å²) in [4.78, 5) is 10.4. The molecule has 2 aromatic rings. The Bertz CT molecular complexity index is 535. The number of hydrogen-bond donors (Lipinski definition) is 0. The zero-order valence-electron chi connectivity index (χ0n) is 14.5. The van der Waals surface area contributed by atoms with Crippen molar-refractivity contribution in [2.75, 3.05) is 6.16 Å². The van der Waals surface area contributed by atoms with E-state index in [9.17, 15) is 9.90 Å². The van der Waals surface area contributed by atoms with E-state index in [2.05, 4.69) is 60.7 Å². The normalized spacial score (nSPS) is 10.4. The molecule has 4 heteroatoms. The molecule has 0 spiro atoms. The molecule has 0 atom stereocenters. The van der Waals surface area contributed by atoms with Crippen molar-refractivity contribution in [3.63, 3.8) is 0 Å². The first-order chi connectivity index (χ1) is 11.3. The van der Waals surface area contributed by atoms with E-state index in [1.54, 1.807) is 0 Å². The largest absolute Gasteiger partial charge is 1.00 e. The van der Waals surface area contributed by atoms with Crippen molar-refractivity contribution >= 4 is 24.5 Å². The summed E-state index contributed by atoms with van der Waals surface area (Å²) in [5, 5.41) is 13.3. The number of benzene rings is 2. The summed E-state index contributed by atoms with van der Waals surface area (Å²) in [7, 11) is -0.290. The van der Waals surface area contributed by atoms with Crippen LogP contribution in [0.15, 0.2) is 60.7 Å². The average molecular weight is 350 g/mol. The number of rotatable bonds is 10. The Kier molecular flexibility index (Phi) is 11.3. The van der Waals surface area contributed by atoms with Crippen LogP contribution in [0.1, 0.15) is 38.5 Å². The fraction of sp³-hybridized carbons (Fsp3) is 0.350. The van der Waals surface area contributed by atoms with Gasteiger partial charge in [-0.1, -0.05) is 79.9 Å². The summed E-state index contributed by atoms with van der Waals surface area (Å²) in [6, 6.07) is 21.6. The zero-order valence-corrected chi connectivity index (χ0v) is 17.4. The molecule has 0 saturated heterocycles. The van der Waals surface area contributed by atoms with Gasteiger partial charge in [-0.2, -0.15) is 0 Å². The summed E-state index contributed by atoms with van der Waals surface area (Å²) in [6.07, 6.45) is 6.61. The van der Waals surface area contributed by atoms with Gasteiger partial charge in [0.2, 0.25) is 0 Å². The molecule has 122 valence electrons. The molecule has 2 rings (SSSR count). The molecule has 0 aliphatic carbocycles. The van der Waals surface area contributed by atoms with Gasteiger partial charge in [0, 0.05) is 5.97 Å². The molecule has 0 N–H and O–H groups in total. The van der Waals surface area contributed by atoms with Crippen molar-refractivity contribution in [2.45, 2.75) is 38.5 Å². The van der Waals surface area contributed by atoms with Crippen molar-refractivity contribution in [1.29, 1.82) is 0 Å². The van der Waals surface area contributed by atoms with Crippen LogP contribution in [-0.2, 0) is 4.79 Å². The Morgan fingerprint density at radius 2 is 1.21 bits per heavy atom. The Hall–Kier alpha value is -0.660. The second-order valence-corrected chi connectivity index (χ2v) is 8.05. The van der Waals surface area contributed by atoms with Crippen LogP contribution in [0.25, 0.3) is 0 Å². The standard InChI is InChI=1S/C20H25O2P.Na/c21-20(22)16-10-2-1-3-11-17-23(18-12-6-4-7-13-18)19-14-8-5-9-15-19;/h4-9,12-15H,1-3,10-11,16-17H2,(H,21,22);/q;+1/p-1. The first-order valence-electron chi connectivity index (χ1n) is 8.35. The van der Waals surface area contributed by atoms with Gasteiger partial charge >= 0.3 is 29.6 Å². The monoisotopic (exact) mass is 350 g/mol. The third-order valence-electron chi connectivity index (χ3n) is 3.90. The molecule has 0 bridgehead atoms. The van der Waals surface area contributed by atoms with Crippen molar-refractivity contribution < 1.29 is 39.5 Å². The summed E-state index contributed by atoms with van der Waals surface area (Å²) in [5.74, 6) is -0.929. The summed E-state index contributed by atoms with van der Waals surface area (Å²) in [6.45, 7) is 0. The molecule has 24 heavy (non-hydrogen) atoms. The van der Waals surface area contributed by atoms with E-state index >= 15 is 0 Å². The van der Waals surface area contributed by atoms with Crippen LogP contribution in [0.3, 0.4) is 0 Å². The maximum atomic E-state index is 10.4. The number of hydrogen-bond acceptors (Lipinski definition) is 2. The van der Waals surface area contributed by atoms with Gasteiger partial charge in [0.1, 0.15) is 0 Å². The summed E-state index contributed by atoms with van der Waals surface area (Å²) < 4.78 is 0. The van der Waals surface area contributed by atoms with Gasteiger partial charge in [0.05, 0.1) is 0 Å². The Morgan fingerprint density at radius 1 is 0.750 bits per heavy atom. The number of unbranched alkanes of at least 4 members (excludes halogenated alkanes) is 4. The van der Waals surface area contributed by atoms with Crippen molar-refractivity contribution in [2.24, 2.45) is 0 Å². The van der Waals surface area contributed by atoms with Crippen molar-refractivity contribution in [1.82, 2.24) is 0 Å². The number of carboxylic acid groups (broad SMARTS) is 1. The Morgan fingerprint density at radius 3 is 1.71 bits per heavy atom. The molecule has 0 aliphatic rings. The fourth-order valence-electron chi connectivity index (χ4n) is 2.69. The molecule has 2 nitrogen and oxygen atoms in total. The van der Waals surface area contributed by atoms with Gasteiger partial charge in [-0.05, 0) is 44.0 Å². The molecule has 2 aromatic carbocycles. The predicted molar refractivity (Wildman–Crippen MR) is 96.6 cm³/mol. The van der Waals surface area contributed by atoms with Crippen LogP contribution < -0.4 is 45.3 Å². The molecule has 0 amide bonds. The number of aliphatic carboxylic acids is 1. The van der Waals surface area contributed by atoms with Crippen LogP contribution in [0.4, 0.5) is 0 Å². The molecular formula is C20H24NaO2P. The molecule has 0 radical (unpaired) electrons. The third-order valence-corrected chi connectivity index (χ3v) is 6.50.